The number of halogens is 4. The Bertz CT molecular complexity index is 2030. The predicted molar refractivity (Wildman–Crippen MR) is 198 cm³/mol. The lowest BCUT2D eigenvalue weighted by Crippen LogP contribution is -2.29. The molecule has 1 N–H and O–H groups in total. The molecule has 5 aromatic rings. The van der Waals surface area contributed by atoms with Crippen LogP contribution in [0.4, 0.5) is 5.95 Å². The number of rotatable bonds is 12. The monoisotopic (exact) mass is 798 g/mol. The van der Waals surface area contributed by atoms with E-state index in [1.54, 1.807) is 16.8 Å². The van der Waals surface area contributed by atoms with Gasteiger partial charge in [0.1, 0.15) is 19.3 Å². The Morgan fingerprint density at radius 2 is 1.71 bits per heavy atom. The lowest BCUT2D eigenvalue weighted by Gasteiger charge is -2.29. The smallest absolute Gasteiger partial charge is 0.338 e. The van der Waals surface area contributed by atoms with Gasteiger partial charge in [0.25, 0.3) is 0 Å². The van der Waals surface area contributed by atoms with Crippen LogP contribution in [0, 0.1) is 0 Å². The summed E-state index contributed by atoms with van der Waals surface area (Å²) >= 11 is 24.1. The van der Waals surface area contributed by atoms with Crippen molar-refractivity contribution in [3.63, 3.8) is 0 Å². The van der Waals surface area contributed by atoms with Crippen LogP contribution in [0.15, 0.2) is 106 Å². The highest BCUT2D eigenvalue weighted by atomic mass is 79.9. The van der Waals surface area contributed by atoms with E-state index in [-0.39, 0.29) is 13.2 Å². The number of nitrogens with zero attached hydrogens (tertiary/aromatic N) is 3. The van der Waals surface area contributed by atoms with Gasteiger partial charge in [0.2, 0.25) is 11.1 Å². The first-order valence-electron chi connectivity index (χ1n) is 15.3. The van der Waals surface area contributed by atoms with E-state index < -0.39 is 12.0 Å². The van der Waals surface area contributed by atoms with Gasteiger partial charge in [0.05, 0.1) is 16.7 Å². The average Bonchev–Trinajstić information content (AvgIpc) is 3.49. The maximum Gasteiger partial charge on any atom is 0.338 e. The molecule has 13 heteroatoms. The van der Waals surface area contributed by atoms with Crippen LogP contribution in [-0.4, -0.2) is 27.3 Å². The number of nitrogens with one attached hydrogen (secondary N) is 1. The van der Waals surface area contributed by atoms with E-state index in [2.05, 4.69) is 21.2 Å². The standard InChI is InChI=1S/C36H30BrCl3N4O4S/c1-3-46-30-16-25(15-27(37)33(30)47-19-23-13-14-26(38)17-29(23)40)32-31(34(45)48-18-22-9-5-4-6-10-22)21(2)41-35-42-36(43-44(32)35)49-20-24-11-7-8-12-28(24)39/h4-17,32H,3,18-20H2,1-2H3,(H,41,42,43). The second-order valence-corrected chi connectivity index (χ2v) is 14.0. The number of aromatic nitrogens is 3. The molecule has 1 unspecified atom stereocenters. The summed E-state index contributed by atoms with van der Waals surface area (Å²) < 4.78 is 20.5. The van der Waals surface area contributed by atoms with E-state index in [1.165, 1.54) is 11.8 Å². The third-order valence-corrected chi connectivity index (χ3v) is 10.0. The summed E-state index contributed by atoms with van der Waals surface area (Å²) in [6.45, 7) is 4.38. The van der Waals surface area contributed by atoms with Gasteiger partial charge < -0.3 is 19.5 Å². The molecule has 49 heavy (non-hydrogen) atoms. The summed E-state index contributed by atoms with van der Waals surface area (Å²) in [5.74, 6) is 1.51. The van der Waals surface area contributed by atoms with E-state index in [9.17, 15) is 4.79 Å². The lowest BCUT2D eigenvalue weighted by atomic mass is 9.95. The number of carbonyl (C=O) groups is 1. The minimum Gasteiger partial charge on any atom is -0.490 e. The molecule has 0 amide bonds. The van der Waals surface area contributed by atoms with Gasteiger partial charge in [-0.1, -0.05) is 101 Å². The van der Waals surface area contributed by atoms with Gasteiger partial charge in [-0.3, -0.25) is 0 Å². The fraction of sp³-hybridized carbons (Fsp3) is 0.194. The van der Waals surface area contributed by atoms with E-state index in [0.29, 0.717) is 71.3 Å². The number of anilines is 1. The van der Waals surface area contributed by atoms with Gasteiger partial charge in [-0.05, 0) is 76.8 Å². The van der Waals surface area contributed by atoms with Crippen molar-refractivity contribution in [2.24, 2.45) is 0 Å². The van der Waals surface area contributed by atoms with Gasteiger partial charge >= 0.3 is 5.97 Å². The molecule has 1 aliphatic rings. The summed E-state index contributed by atoms with van der Waals surface area (Å²) in [5, 5.41) is 10.4. The highest BCUT2D eigenvalue weighted by Gasteiger charge is 2.36. The second kappa shape index (κ2) is 15.9. The van der Waals surface area contributed by atoms with Crippen LogP contribution in [0.1, 0.15) is 42.1 Å². The van der Waals surface area contributed by atoms with Crippen molar-refractivity contribution in [3.05, 3.63) is 138 Å². The highest BCUT2D eigenvalue weighted by Crippen LogP contribution is 2.44. The summed E-state index contributed by atoms with van der Waals surface area (Å²) in [5.41, 5.74) is 4.28. The molecule has 4 aromatic carbocycles. The third kappa shape index (κ3) is 8.22. The first kappa shape index (κ1) is 35.2. The van der Waals surface area contributed by atoms with Gasteiger partial charge in [-0.2, -0.15) is 4.98 Å². The number of esters is 1. The maximum absolute atomic E-state index is 13.9. The molecule has 0 radical (unpaired) electrons. The Kier molecular flexibility index (Phi) is 11.4. The fourth-order valence-corrected chi connectivity index (χ4v) is 7.41. The van der Waals surface area contributed by atoms with Crippen molar-refractivity contribution in [3.8, 4) is 11.5 Å². The molecule has 252 valence electrons. The Balaban J connectivity index is 1.36. The van der Waals surface area contributed by atoms with E-state index >= 15 is 0 Å². The molecule has 1 aromatic heterocycles. The number of ether oxygens (including phenoxy) is 3. The molecule has 2 heterocycles. The van der Waals surface area contributed by atoms with Gasteiger partial charge in [0.15, 0.2) is 11.5 Å². The number of allylic oxidation sites excluding steroid dienone is 1. The second-order valence-electron chi connectivity index (χ2n) is 11.0. The molecule has 0 bridgehead atoms. The molecule has 8 nitrogen and oxygen atoms in total. The van der Waals surface area contributed by atoms with Crippen molar-refractivity contribution in [2.45, 2.75) is 44.0 Å². The minimum absolute atomic E-state index is 0.111. The number of thioether (sulfide) groups is 1. The number of fused-ring (bicyclic) bond motifs is 1. The van der Waals surface area contributed by atoms with Crippen LogP contribution in [-0.2, 0) is 28.5 Å². The SMILES string of the molecule is CCOc1cc(C2C(C(=O)OCc3ccccc3)=C(C)Nc3nc(SCc4ccccc4Cl)nn32)cc(Br)c1OCc1ccc(Cl)cc1Cl. The highest BCUT2D eigenvalue weighted by molar-refractivity contribution is 9.10. The van der Waals surface area contributed by atoms with Crippen molar-refractivity contribution in [2.75, 3.05) is 11.9 Å². The van der Waals surface area contributed by atoms with Crippen molar-refractivity contribution in [1.82, 2.24) is 14.8 Å². The minimum atomic E-state index is -0.711. The Labute approximate surface area is 311 Å². The van der Waals surface area contributed by atoms with Crippen molar-refractivity contribution >= 4 is 74.4 Å². The number of hydrogen-bond acceptors (Lipinski definition) is 8. The largest absolute Gasteiger partial charge is 0.490 e. The van der Waals surface area contributed by atoms with Crippen molar-refractivity contribution in [1.29, 1.82) is 0 Å². The third-order valence-electron chi connectivity index (χ3n) is 7.61. The van der Waals surface area contributed by atoms with Gasteiger partial charge in [0, 0.05) is 32.1 Å². The van der Waals surface area contributed by atoms with Crippen molar-refractivity contribution < 1.29 is 19.0 Å². The maximum atomic E-state index is 13.9. The molecule has 0 aliphatic carbocycles. The van der Waals surface area contributed by atoms with Crippen LogP contribution in [0.25, 0.3) is 0 Å². The zero-order valence-electron chi connectivity index (χ0n) is 26.4. The molecule has 0 fully saturated rings. The topological polar surface area (TPSA) is 87.5 Å². The predicted octanol–water partition coefficient (Wildman–Crippen LogP) is 10.3. The molecule has 1 aliphatic heterocycles. The quantitative estimate of drug-likeness (QED) is 0.0986. The number of benzene rings is 4. The Morgan fingerprint density at radius 3 is 2.47 bits per heavy atom. The Hall–Kier alpha value is -3.67. The molecular formula is C36H30BrCl3N4O4S. The summed E-state index contributed by atoms with van der Waals surface area (Å²) in [7, 11) is 0. The van der Waals surface area contributed by atoms with Crippen LogP contribution < -0.4 is 14.8 Å². The molecule has 0 spiro atoms. The van der Waals surface area contributed by atoms with Crippen LogP contribution in [0.5, 0.6) is 11.5 Å². The Morgan fingerprint density at radius 1 is 0.939 bits per heavy atom. The molecule has 0 saturated carbocycles. The zero-order chi connectivity index (χ0) is 34.5. The van der Waals surface area contributed by atoms with Crippen LogP contribution in [0.3, 0.4) is 0 Å². The first-order chi connectivity index (χ1) is 23.7. The number of carbonyl (C=O) groups excluding carboxylic acids is 1. The van der Waals surface area contributed by atoms with Gasteiger partial charge in [-0.15, -0.1) is 5.10 Å². The van der Waals surface area contributed by atoms with E-state index in [1.807, 2.05) is 86.6 Å². The summed E-state index contributed by atoms with van der Waals surface area (Å²) in [6, 6.07) is 25.5. The fourth-order valence-electron chi connectivity index (χ4n) is 5.26. The van der Waals surface area contributed by atoms with E-state index in [0.717, 1.165) is 16.7 Å². The number of hydrogen-bond donors (Lipinski definition) is 1. The molecular weight excluding hydrogens is 771 g/mol. The molecule has 0 saturated heterocycles. The first-order valence-corrected chi connectivity index (χ1v) is 18.2. The molecule has 1 atom stereocenters. The average molecular weight is 801 g/mol. The zero-order valence-corrected chi connectivity index (χ0v) is 31.1. The summed E-state index contributed by atoms with van der Waals surface area (Å²) in [6.07, 6.45) is 0. The summed E-state index contributed by atoms with van der Waals surface area (Å²) in [4.78, 5) is 18.7. The van der Waals surface area contributed by atoms with Crippen LogP contribution in [0.2, 0.25) is 15.1 Å². The molecule has 6 rings (SSSR count). The van der Waals surface area contributed by atoms with E-state index in [4.69, 9.17) is 59.1 Å². The normalized spacial score (nSPS) is 13.9. The van der Waals surface area contributed by atoms with Gasteiger partial charge in [-0.25, -0.2) is 9.48 Å². The lowest BCUT2D eigenvalue weighted by molar-refractivity contribution is -0.140. The van der Waals surface area contributed by atoms with Crippen LogP contribution >= 0.6 is 62.5 Å².